The number of fused-ring (bicyclic) bond motifs is 3. The van der Waals surface area contributed by atoms with Crippen LogP contribution in [0.4, 0.5) is 5.82 Å². The Morgan fingerprint density at radius 2 is 1.92 bits per heavy atom. The highest BCUT2D eigenvalue weighted by Gasteiger charge is 2.27. The molecule has 2 aliphatic heterocycles. The summed E-state index contributed by atoms with van der Waals surface area (Å²) in [6.07, 6.45) is 10.1. The van der Waals surface area contributed by atoms with Crippen LogP contribution in [-0.4, -0.2) is 54.3 Å². The topological polar surface area (TPSA) is 41.5 Å². The molecule has 0 spiro atoms. The molecule has 0 radical (unpaired) electrons. The Kier molecular flexibility index (Phi) is 4.82. The minimum Gasteiger partial charge on any atom is -0.378 e. The first-order valence-corrected chi connectivity index (χ1v) is 11.0. The van der Waals surface area contributed by atoms with Crippen molar-refractivity contribution >= 4 is 27.4 Å². The zero-order valence-corrected chi connectivity index (χ0v) is 16.3. The number of anilines is 1. The molecular formula is C20H28N4OS. The molecule has 5 rings (SSSR count). The lowest BCUT2D eigenvalue weighted by molar-refractivity contribution is 0.122. The van der Waals surface area contributed by atoms with Gasteiger partial charge in [-0.25, -0.2) is 9.97 Å². The van der Waals surface area contributed by atoms with E-state index in [4.69, 9.17) is 4.74 Å². The third-order valence-corrected chi connectivity index (χ3v) is 7.37. The molecule has 0 bridgehead atoms. The van der Waals surface area contributed by atoms with Crippen molar-refractivity contribution in [1.82, 2.24) is 14.9 Å². The van der Waals surface area contributed by atoms with Crippen LogP contribution in [0.1, 0.15) is 42.5 Å². The van der Waals surface area contributed by atoms with Gasteiger partial charge in [0.05, 0.1) is 18.6 Å². The van der Waals surface area contributed by atoms with Crippen LogP contribution < -0.4 is 4.90 Å². The highest BCUT2D eigenvalue weighted by Crippen LogP contribution is 2.39. The molecule has 26 heavy (non-hydrogen) atoms. The molecule has 4 heterocycles. The van der Waals surface area contributed by atoms with Gasteiger partial charge in [0.2, 0.25) is 0 Å². The molecule has 3 aliphatic rings. The van der Waals surface area contributed by atoms with Gasteiger partial charge >= 0.3 is 0 Å². The molecule has 0 unspecified atom stereocenters. The van der Waals surface area contributed by atoms with E-state index >= 15 is 0 Å². The van der Waals surface area contributed by atoms with Gasteiger partial charge < -0.3 is 9.64 Å². The smallest absolute Gasteiger partial charge is 0.141 e. The predicted molar refractivity (Wildman–Crippen MR) is 106 cm³/mol. The highest BCUT2D eigenvalue weighted by molar-refractivity contribution is 7.19. The summed E-state index contributed by atoms with van der Waals surface area (Å²) in [5.74, 6) is 2.06. The van der Waals surface area contributed by atoms with Crippen LogP contribution in [0.25, 0.3) is 10.2 Å². The first-order valence-electron chi connectivity index (χ1n) is 10.2. The number of aromatic nitrogens is 2. The fourth-order valence-corrected chi connectivity index (χ4v) is 6.09. The highest BCUT2D eigenvalue weighted by atomic mass is 32.1. The maximum Gasteiger partial charge on any atom is 0.141 e. The summed E-state index contributed by atoms with van der Waals surface area (Å²) in [6, 6.07) is 0. The second-order valence-corrected chi connectivity index (χ2v) is 9.05. The zero-order valence-electron chi connectivity index (χ0n) is 15.5. The molecule has 0 aromatic carbocycles. The molecule has 1 saturated carbocycles. The summed E-state index contributed by atoms with van der Waals surface area (Å²) < 4.78 is 5.52. The minimum absolute atomic E-state index is 0.799. The molecule has 0 atom stereocenters. The van der Waals surface area contributed by atoms with Crippen molar-refractivity contribution in [1.29, 1.82) is 0 Å². The van der Waals surface area contributed by atoms with E-state index in [1.54, 1.807) is 6.33 Å². The summed E-state index contributed by atoms with van der Waals surface area (Å²) in [5, 5.41) is 1.33. The van der Waals surface area contributed by atoms with Crippen molar-refractivity contribution in [2.75, 3.05) is 44.3 Å². The number of ether oxygens (including phenoxy) is 1. The van der Waals surface area contributed by atoms with Gasteiger partial charge in [-0.05, 0) is 30.7 Å². The van der Waals surface area contributed by atoms with E-state index in [0.29, 0.717) is 0 Å². The summed E-state index contributed by atoms with van der Waals surface area (Å²) in [7, 11) is 0. The normalized spacial score (nSPS) is 22.7. The summed E-state index contributed by atoms with van der Waals surface area (Å²) in [6.45, 7) is 7.05. The lowest BCUT2D eigenvalue weighted by Crippen LogP contribution is -2.37. The minimum atomic E-state index is 0.799. The average Bonchev–Trinajstić information content (AvgIpc) is 3.07. The predicted octanol–water partition coefficient (Wildman–Crippen LogP) is 3.47. The number of morpholine rings is 1. The quantitative estimate of drug-likeness (QED) is 0.825. The molecule has 0 N–H and O–H groups in total. The van der Waals surface area contributed by atoms with Crippen LogP contribution in [-0.2, 0) is 17.7 Å². The van der Waals surface area contributed by atoms with Gasteiger partial charge in [-0.15, -0.1) is 11.3 Å². The molecule has 6 heteroatoms. The molecule has 1 saturated heterocycles. The Morgan fingerprint density at radius 3 is 2.77 bits per heavy atom. The largest absolute Gasteiger partial charge is 0.378 e. The molecule has 2 fully saturated rings. The van der Waals surface area contributed by atoms with E-state index in [1.165, 1.54) is 65.9 Å². The van der Waals surface area contributed by atoms with Gasteiger partial charge in [-0.3, -0.25) is 4.90 Å². The lowest BCUT2D eigenvalue weighted by atomic mass is 9.88. The maximum absolute atomic E-state index is 5.52. The molecule has 2 aromatic rings. The summed E-state index contributed by atoms with van der Waals surface area (Å²) in [4.78, 5) is 17.1. The molecule has 5 nitrogen and oxygen atoms in total. The maximum atomic E-state index is 5.52. The zero-order chi connectivity index (χ0) is 17.3. The van der Waals surface area contributed by atoms with Crippen molar-refractivity contribution < 1.29 is 4.74 Å². The number of hydrogen-bond donors (Lipinski definition) is 0. The number of rotatable bonds is 3. The van der Waals surface area contributed by atoms with E-state index < -0.39 is 0 Å². The fraction of sp³-hybridized carbons (Fsp3) is 0.700. The molecule has 1 aliphatic carbocycles. The van der Waals surface area contributed by atoms with Gasteiger partial charge in [0.25, 0.3) is 0 Å². The lowest BCUT2D eigenvalue weighted by Gasteiger charge is -2.32. The Balaban J connectivity index is 1.40. The van der Waals surface area contributed by atoms with E-state index in [1.807, 2.05) is 11.3 Å². The Hall–Kier alpha value is -1.24. The van der Waals surface area contributed by atoms with Crippen LogP contribution >= 0.6 is 11.3 Å². The molecule has 2 aromatic heterocycles. The molecule has 0 amide bonds. The van der Waals surface area contributed by atoms with Gasteiger partial charge in [0, 0.05) is 37.6 Å². The molecule has 140 valence electrons. The first-order chi connectivity index (χ1) is 12.9. The number of thiophene rings is 1. The van der Waals surface area contributed by atoms with Crippen molar-refractivity contribution in [2.24, 2.45) is 5.92 Å². The van der Waals surface area contributed by atoms with E-state index in [9.17, 15) is 0 Å². The Morgan fingerprint density at radius 1 is 1.08 bits per heavy atom. The van der Waals surface area contributed by atoms with Gasteiger partial charge in [0.1, 0.15) is 17.0 Å². The summed E-state index contributed by atoms with van der Waals surface area (Å²) >= 11 is 1.89. The monoisotopic (exact) mass is 372 g/mol. The van der Waals surface area contributed by atoms with Crippen LogP contribution in [0.2, 0.25) is 0 Å². The average molecular weight is 373 g/mol. The van der Waals surface area contributed by atoms with Crippen LogP contribution in [0.15, 0.2) is 6.33 Å². The van der Waals surface area contributed by atoms with Crippen molar-refractivity contribution in [3.63, 3.8) is 0 Å². The van der Waals surface area contributed by atoms with E-state index in [2.05, 4.69) is 19.8 Å². The molecular weight excluding hydrogens is 344 g/mol. The first kappa shape index (κ1) is 16.9. The van der Waals surface area contributed by atoms with Crippen molar-refractivity contribution in [2.45, 2.75) is 45.1 Å². The van der Waals surface area contributed by atoms with Crippen molar-refractivity contribution in [3.05, 3.63) is 16.8 Å². The third kappa shape index (κ3) is 3.23. The number of hydrogen-bond acceptors (Lipinski definition) is 6. The van der Waals surface area contributed by atoms with E-state index in [-0.39, 0.29) is 0 Å². The number of nitrogens with zero attached hydrogens (tertiary/aromatic N) is 4. The van der Waals surface area contributed by atoms with Crippen LogP contribution in [0.5, 0.6) is 0 Å². The third-order valence-electron chi connectivity index (χ3n) is 6.25. The fourth-order valence-electron chi connectivity index (χ4n) is 4.87. The Bertz CT molecular complexity index is 765. The van der Waals surface area contributed by atoms with E-state index in [0.717, 1.165) is 51.0 Å². The van der Waals surface area contributed by atoms with Crippen LogP contribution in [0.3, 0.4) is 0 Å². The van der Waals surface area contributed by atoms with Gasteiger partial charge in [0.15, 0.2) is 0 Å². The second kappa shape index (κ2) is 7.41. The van der Waals surface area contributed by atoms with Gasteiger partial charge in [-0.2, -0.15) is 0 Å². The SMILES string of the molecule is c1nc(N2CCOCC2)c2c3c(sc2n1)CN(CC1CCCCC1)CC3. The van der Waals surface area contributed by atoms with Gasteiger partial charge in [-0.1, -0.05) is 19.3 Å². The Labute approximate surface area is 159 Å². The van der Waals surface area contributed by atoms with Crippen LogP contribution in [0, 0.1) is 5.92 Å². The second-order valence-electron chi connectivity index (χ2n) is 7.97. The summed E-state index contributed by atoms with van der Waals surface area (Å²) in [5.41, 5.74) is 1.52. The standard InChI is InChI=1S/C20H28N4OS/c1-2-4-15(5-3-1)12-23-7-6-16-17(13-23)26-20-18(16)19(21-14-22-20)24-8-10-25-11-9-24/h14-15H,1-13H2. The van der Waals surface area contributed by atoms with Crippen molar-refractivity contribution in [3.8, 4) is 0 Å².